The monoisotopic (exact) mass is 195 g/mol. The molecule has 1 aliphatic rings. The first-order chi connectivity index (χ1) is 6.77. The summed E-state index contributed by atoms with van der Waals surface area (Å²) in [5.74, 6) is 1.10. The number of nitrogens with zero attached hydrogens (tertiary/aromatic N) is 1. The van der Waals surface area contributed by atoms with Crippen molar-refractivity contribution in [2.45, 2.75) is 6.54 Å². The van der Waals surface area contributed by atoms with E-state index in [0.717, 1.165) is 0 Å². The molecule has 1 aromatic carbocycles. The Morgan fingerprint density at radius 3 is 2.93 bits per heavy atom. The third kappa shape index (κ3) is 1.61. The van der Waals surface area contributed by atoms with E-state index in [1.807, 2.05) is 0 Å². The van der Waals surface area contributed by atoms with Crippen LogP contribution in [0.4, 0.5) is 0 Å². The number of hydrogen-bond acceptors (Lipinski definition) is 4. The zero-order valence-electron chi connectivity index (χ0n) is 7.43. The maximum atomic E-state index is 10.4. The van der Waals surface area contributed by atoms with E-state index in [1.165, 1.54) is 0 Å². The van der Waals surface area contributed by atoms with Crippen LogP contribution in [0.1, 0.15) is 5.56 Å². The number of nitro groups is 1. The van der Waals surface area contributed by atoms with Crippen LogP contribution in [-0.4, -0.2) is 18.1 Å². The summed E-state index contributed by atoms with van der Waals surface area (Å²) in [5, 5.41) is 10.4. The van der Waals surface area contributed by atoms with Crippen LogP contribution in [0.15, 0.2) is 18.2 Å². The molecule has 0 saturated heterocycles. The lowest BCUT2D eigenvalue weighted by atomic mass is 10.2. The van der Waals surface area contributed by atoms with Crippen molar-refractivity contribution in [1.82, 2.24) is 0 Å². The van der Waals surface area contributed by atoms with Crippen molar-refractivity contribution in [3.8, 4) is 11.5 Å². The van der Waals surface area contributed by atoms with Crippen molar-refractivity contribution >= 4 is 0 Å². The van der Waals surface area contributed by atoms with Crippen LogP contribution in [0, 0.1) is 10.1 Å². The lowest BCUT2D eigenvalue weighted by Gasteiger charge is -2.19. The van der Waals surface area contributed by atoms with E-state index in [9.17, 15) is 10.1 Å². The van der Waals surface area contributed by atoms with Gasteiger partial charge in [-0.2, -0.15) is 0 Å². The molecule has 0 amide bonds. The maximum Gasteiger partial charge on any atom is 0.232 e. The summed E-state index contributed by atoms with van der Waals surface area (Å²) in [7, 11) is 0. The van der Waals surface area contributed by atoms with Gasteiger partial charge in [-0.05, 0) is 12.1 Å². The maximum absolute atomic E-state index is 10.4. The quantitative estimate of drug-likeness (QED) is 0.526. The van der Waals surface area contributed by atoms with Crippen molar-refractivity contribution in [1.29, 1.82) is 0 Å². The summed E-state index contributed by atoms with van der Waals surface area (Å²) in [6, 6.07) is 5.15. The van der Waals surface area contributed by atoms with Gasteiger partial charge in [-0.15, -0.1) is 0 Å². The minimum Gasteiger partial charge on any atom is -0.486 e. The number of ether oxygens (including phenoxy) is 2. The summed E-state index contributed by atoms with van der Waals surface area (Å²) in [6.07, 6.45) is 0. The highest BCUT2D eigenvalue weighted by molar-refractivity contribution is 5.47. The van der Waals surface area contributed by atoms with Crippen LogP contribution in [-0.2, 0) is 6.54 Å². The molecular weight excluding hydrogens is 186 g/mol. The van der Waals surface area contributed by atoms with Gasteiger partial charge in [0.25, 0.3) is 0 Å². The molecule has 0 aliphatic carbocycles. The minimum atomic E-state index is -0.381. The Morgan fingerprint density at radius 1 is 1.36 bits per heavy atom. The van der Waals surface area contributed by atoms with Gasteiger partial charge < -0.3 is 9.47 Å². The molecule has 0 fully saturated rings. The van der Waals surface area contributed by atoms with E-state index in [4.69, 9.17) is 9.47 Å². The normalized spacial score (nSPS) is 13.7. The largest absolute Gasteiger partial charge is 0.486 e. The zero-order chi connectivity index (χ0) is 9.97. The molecule has 0 bridgehead atoms. The van der Waals surface area contributed by atoms with Gasteiger partial charge in [0.05, 0.1) is 5.56 Å². The lowest BCUT2D eigenvalue weighted by molar-refractivity contribution is -0.497. The van der Waals surface area contributed by atoms with Crippen LogP contribution in [0.5, 0.6) is 11.5 Å². The Hall–Kier alpha value is -1.78. The summed E-state index contributed by atoms with van der Waals surface area (Å²) in [6.45, 7) is 0.711. The molecule has 0 saturated carbocycles. The molecule has 74 valence electrons. The van der Waals surface area contributed by atoms with Crippen molar-refractivity contribution in [2.75, 3.05) is 13.2 Å². The fraction of sp³-hybridized carbons (Fsp3) is 0.333. The molecule has 1 aliphatic heterocycles. The fourth-order valence-corrected chi connectivity index (χ4v) is 1.40. The minimum absolute atomic E-state index is 0.230. The molecule has 1 heterocycles. The second-order valence-corrected chi connectivity index (χ2v) is 2.93. The van der Waals surface area contributed by atoms with Gasteiger partial charge in [0, 0.05) is 4.92 Å². The summed E-state index contributed by atoms with van der Waals surface area (Å²) < 4.78 is 10.6. The van der Waals surface area contributed by atoms with Gasteiger partial charge in [0.1, 0.15) is 13.2 Å². The Morgan fingerprint density at radius 2 is 2.14 bits per heavy atom. The number of hydrogen-bond donors (Lipinski definition) is 0. The predicted molar refractivity (Wildman–Crippen MR) is 48.1 cm³/mol. The molecule has 1 aromatic rings. The molecule has 0 aromatic heterocycles. The van der Waals surface area contributed by atoms with E-state index in [2.05, 4.69) is 0 Å². The summed E-state index contributed by atoms with van der Waals surface area (Å²) in [5.41, 5.74) is 0.562. The first-order valence-electron chi connectivity index (χ1n) is 4.26. The topological polar surface area (TPSA) is 61.6 Å². The zero-order valence-corrected chi connectivity index (χ0v) is 7.43. The van der Waals surface area contributed by atoms with Crippen molar-refractivity contribution in [2.24, 2.45) is 0 Å². The third-order valence-electron chi connectivity index (χ3n) is 1.95. The van der Waals surface area contributed by atoms with Crippen LogP contribution >= 0.6 is 0 Å². The van der Waals surface area contributed by atoms with E-state index < -0.39 is 0 Å². The average molecular weight is 195 g/mol. The molecule has 5 heteroatoms. The van der Waals surface area contributed by atoms with Crippen LogP contribution in [0.2, 0.25) is 0 Å². The average Bonchev–Trinajstić information content (AvgIpc) is 2.18. The Kier molecular flexibility index (Phi) is 2.22. The predicted octanol–water partition coefficient (Wildman–Crippen LogP) is 1.23. The third-order valence-corrected chi connectivity index (χ3v) is 1.95. The van der Waals surface area contributed by atoms with Crippen LogP contribution < -0.4 is 9.47 Å². The van der Waals surface area contributed by atoms with Gasteiger partial charge in [-0.1, -0.05) is 6.07 Å². The van der Waals surface area contributed by atoms with Crippen LogP contribution in [0.25, 0.3) is 0 Å². The number of rotatable bonds is 2. The Labute approximate surface area is 80.4 Å². The highest BCUT2D eigenvalue weighted by atomic mass is 16.6. The van der Waals surface area contributed by atoms with Gasteiger partial charge in [-0.3, -0.25) is 10.1 Å². The molecule has 2 rings (SSSR count). The standard InChI is InChI=1S/C9H9NO4/c11-10(12)6-7-2-1-3-8-9(7)14-5-4-13-8/h1-3H,4-6H2. The second kappa shape index (κ2) is 3.53. The van der Waals surface area contributed by atoms with Gasteiger partial charge in [-0.25, -0.2) is 0 Å². The molecule has 0 N–H and O–H groups in total. The number of benzene rings is 1. The summed E-state index contributed by atoms with van der Waals surface area (Å²) >= 11 is 0. The first kappa shape index (κ1) is 8.80. The number of fused-ring (bicyclic) bond motifs is 1. The highest BCUT2D eigenvalue weighted by Crippen LogP contribution is 2.33. The molecule has 0 atom stereocenters. The van der Waals surface area contributed by atoms with Crippen molar-refractivity contribution in [3.63, 3.8) is 0 Å². The van der Waals surface area contributed by atoms with E-state index >= 15 is 0 Å². The van der Waals surface area contributed by atoms with Gasteiger partial charge in [0.15, 0.2) is 11.5 Å². The number of para-hydroxylation sites is 1. The Balaban J connectivity index is 2.35. The van der Waals surface area contributed by atoms with Crippen molar-refractivity contribution < 1.29 is 14.4 Å². The van der Waals surface area contributed by atoms with Crippen molar-refractivity contribution in [3.05, 3.63) is 33.9 Å². The fourth-order valence-electron chi connectivity index (χ4n) is 1.40. The van der Waals surface area contributed by atoms with E-state index in [-0.39, 0.29) is 11.5 Å². The van der Waals surface area contributed by atoms with Gasteiger partial charge >= 0.3 is 0 Å². The van der Waals surface area contributed by atoms with Crippen LogP contribution in [0.3, 0.4) is 0 Å². The van der Waals surface area contributed by atoms with E-state index in [0.29, 0.717) is 30.3 Å². The highest BCUT2D eigenvalue weighted by Gasteiger charge is 2.17. The Bertz CT molecular complexity index is 364. The van der Waals surface area contributed by atoms with E-state index in [1.54, 1.807) is 18.2 Å². The molecular formula is C9H9NO4. The molecule has 14 heavy (non-hydrogen) atoms. The first-order valence-corrected chi connectivity index (χ1v) is 4.26. The SMILES string of the molecule is O=[N+]([O-])Cc1cccc2c1OCCO2. The molecule has 0 unspecified atom stereocenters. The smallest absolute Gasteiger partial charge is 0.232 e. The molecule has 0 spiro atoms. The second-order valence-electron chi connectivity index (χ2n) is 2.93. The molecule has 5 nitrogen and oxygen atoms in total. The summed E-state index contributed by atoms with van der Waals surface area (Å²) in [4.78, 5) is 9.98. The van der Waals surface area contributed by atoms with Gasteiger partial charge in [0.2, 0.25) is 6.54 Å². The molecule has 0 radical (unpaired) electrons. The lowest BCUT2D eigenvalue weighted by Crippen LogP contribution is -2.17.